The van der Waals surface area contributed by atoms with Crippen LogP contribution in [0.3, 0.4) is 0 Å². The number of aromatic amines is 1. The summed E-state index contributed by atoms with van der Waals surface area (Å²) in [5.41, 5.74) is 6.19. The van der Waals surface area contributed by atoms with Crippen LogP contribution in [0.2, 0.25) is 0 Å². The first-order valence-electron chi connectivity index (χ1n) is 9.67. The first-order chi connectivity index (χ1) is 14.5. The van der Waals surface area contributed by atoms with E-state index in [1.807, 2.05) is 36.4 Å². The molecule has 0 spiro atoms. The summed E-state index contributed by atoms with van der Waals surface area (Å²) < 4.78 is 11.8. The van der Waals surface area contributed by atoms with Crippen molar-refractivity contribution in [2.45, 2.75) is 27.0 Å². The molecule has 0 bridgehead atoms. The summed E-state index contributed by atoms with van der Waals surface area (Å²) in [6, 6.07) is 22.0. The molecule has 3 aromatic carbocycles. The third kappa shape index (κ3) is 4.27. The number of nitrogens with one attached hydrogen (secondary N) is 1. The van der Waals surface area contributed by atoms with Gasteiger partial charge in [0.25, 0.3) is 0 Å². The molecular weight excluding hydrogens is 380 g/mol. The molecule has 0 radical (unpaired) electrons. The molecule has 0 aliphatic rings. The lowest BCUT2D eigenvalue weighted by molar-refractivity contribution is 0.257. The molecule has 0 saturated heterocycles. The summed E-state index contributed by atoms with van der Waals surface area (Å²) in [6.45, 7) is 4.81. The molecule has 4 rings (SSSR count). The summed E-state index contributed by atoms with van der Waals surface area (Å²) in [4.78, 5) is 24.8. The Balaban J connectivity index is 1.50. The maximum absolute atomic E-state index is 11.6. The lowest BCUT2D eigenvalue weighted by Gasteiger charge is -2.12. The maximum Gasteiger partial charge on any atom is 0.440 e. The summed E-state index contributed by atoms with van der Waals surface area (Å²) in [5.74, 6) is -0.0907. The van der Waals surface area contributed by atoms with Crippen LogP contribution < -0.4 is 16.2 Å². The van der Waals surface area contributed by atoms with E-state index in [4.69, 9.17) is 9.26 Å². The van der Waals surface area contributed by atoms with E-state index < -0.39 is 11.4 Å². The molecule has 1 heterocycles. The van der Waals surface area contributed by atoms with Gasteiger partial charge in [-0.05, 0) is 65.4 Å². The van der Waals surface area contributed by atoms with Crippen molar-refractivity contribution in [3.8, 4) is 16.9 Å². The van der Waals surface area contributed by atoms with Gasteiger partial charge < -0.3 is 9.26 Å². The molecule has 6 heteroatoms. The monoisotopic (exact) mass is 402 g/mol. The van der Waals surface area contributed by atoms with Gasteiger partial charge in [-0.3, -0.25) is 0 Å². The van der Waals surface area contributed by atoms with Crippen molar-refractivity contribution in [2.24, 2.45) is 0 Å². The Morgan fingerprint density at radius 1 is 0.900 bits per heavy atom. The fourth-order valence-corrected chi connectivity index (χ4v) is 3.57. The van der Waals surface area contributed by atoms with Crippen LogP contribution in [-0.2, 0) is 13.2 Å². The smallest absolute Gasteiger partial charge is 0.440 e. The minimum Gasteiger partial charge on any atom is -0.489 e. The Hall–Kier alpha value is -3.80. The number of ether oxygens (including phenoxy) is 1. The number of nitrogens with zero attached hydrogens (tertiary/aromatic N) is 1. The molecule has 30 heavy (non-hydrogen) atoms. The molecule has 0 fully saturated rings. The van der Waals surface area contributed by atoms with Gasteiger partial charge in [-0.1, -0.05) is 48.5 Å². The second-order valence-electron chi connectivity index (χ2n) is 7.25. The molecule has 4 aromatic rings. The number of H-pyrrole nitrogens is 1. The van der Waals surface area contributed by atoms with E-state index in [2.05, 4.69) is 49.2 Å². The number of rotatable bonds is 6. The van der Waals surface area contributed by atoms with Crippen LogP contribution in [0.25, 0.3) is 11.1 Å². The molecule has 152 valence electrons. The van der Waals surface area contributed by atoms with E-state index in [0.717, 1.165) is 15.9 Å². The molecule has 1 N–H and O–H groups in total. The minimum atomic E-state index is -0.767. The van der Waals surface area contributed by atoms with Crippen molar-refractivity contribution in [3.05, 3.63) is 110 Å². The van der Waals surface area contributed by atoms with Crippen LogP contribution in [0.5, 0.6) is 5.75 Å². The SMILES string of the molecule is Cc1cccc(C)c1-c1cccc(COc2cccc(Cn3oc(=O)[nH]c3=O)c2)c1. The standard InChI is InChI=1S/C24H22N2O4/c1-16-6-3-7-17(2)22(16)20-10-4-9-19(12-20)15-29-21-11-5-8-18(13-21)14-26-23(27)25-24(28)30-26/h3-13H,14-15H2,1-2H3,(H,25,27,28). The van der Waals surface area contributed by atoms with Gasteiger partial charge in [0.1, 0.15) is 12.4 Å². The second kappa shape index (κ2) is 8.29. The molecule has 0 atom stereocenters. The zero-order chi connectivity index (χ0) is 21.1. The molecule has 0 amide bonds. The van der Waals surface area contributed by atoms with E-state index >= 15 is 0 Å². The Labute approximate surface area is 173 Å². The van der Waals surface area contributed by atoms with Gasteiger partial charge in [-0.2, -0.15) is 0 Å². The lowest BCUT2D eigenvalue weighted by atomic mass is 9.95. The fourth-order valence-electron chi connectivity index (χ4n) is 3.57. The predicted octanol–water partition coefficient (Wildman–Crippen LogP) is 4.04. The summed E-state index contributed by atoms with van der Waals surface area (Å²) >= 11 is 0. The largest absolute Gasteiger partial charge is 0.489 e. The molecule has 0 aliphatic carbocycles. The number of benzene rings is 3. The van der Waals surface area contributed by atoms with Crippen molar-refractivity contribution >= 4 is 0 Å². The number of hydrogen-bond donors (Lipinski definition) is 1. The quantitative estimate of drug-likeness (QED) is 0.528. The number of hydrogen-bond acceptors (Lipinski definition) is 4. The number of aryl methyl sites for hydroxylation is 2. The van der Waals surface area contributed by atoms with Crippen LogP contribution in [0.4, 0.5) is 0 Å². The van der Waals surface area contributed by atoms with Crippen molar-refractivity contribution in [2.75, 3.05) is 0 Å². The van der Waals surface area contributed by atoms with E-state index in [1.165, 1.54) is 22.3 Å². The molecule has 0 unspecified atom stereocenters. The summed E-state index contributed by atoms with van der Waals surface area (Å²) in [6.07, 6.45) is 0. The Kier molecular flexibility index (Phi) is 5.39. The minimum absolute atomic E-state index is 0.150. The lowest BCUT2D eigenvalue weighted by Crippen LogP contribution is -2.17. The van der Waals surface area contributed by atoms with Crippen LogP contribution in [0.15, 0.2) is 80.8 Å². The highest BCUT2D eigenvalue weighted by atomic mass is 16.5. The van der Waals surface area contributed by atoms with Crippen LogP contribution >= 0.6 is 0 Å². The van der Waals surface area contributed by atoms with Crippen LogP contribution in [-0.4, -0.2) is 9.72 Å². The van der Waals surface area contributed by atoms with Gasteiger partial charge in [-0.25, -0.2) is 14.6 Å². The molecule has 6 nitrogen and oxygen atoms in total. The Morgan fingerprint density at radius 3 is 2.33 bits per heavy atom. The van der Waals surface area contributed by atoms with E-state index in [0.29, 0.717) is 12.4 Å². The van der Waals surface area contributed by atoms with Gasteiger partial charge in [0.2, 0.25) is 0 Å². The van der Waals surface area contributed by atoms with Crippen molar-refractivity contribution < 1.29 is 9.26 Å². The molecular formula is C24H22N2O4. The van der Waals surface area contributed by atoms with Crippen LogP contribution in [0.1, 0.15) is 22.3 Å². The zero-order valence-corrected chi connectivity index (χ0v) is 16.8. The topological polar surface area (TPSA) is 77.2 Å². The Bertz CT molecular complexity index is 1280. The van der Waals surface area contributed by atoms with Crippen LogP contribution in [0, 0.1) is 13.8 Å². The third-order valence-corrected chi connectivity index (χ3v) is 4.96. The van der Waals surface area contributed by atoms with E-state index in [9.17, 15) is 9.59 Å². The molecule has 0 saturated carbocycles. The van der Waals surface area contributed by atoms with E-state index in [1.54, 1.807) is 0 Å². The fraction of sp³-hybridized carbons (Fsp3) is 0.167. The highest BCUT2D eigenvalue weighted by Gasteiger charge is 2.08. The normalized spacial score (nSPS) is 10.9. The average Bonchev–Trinajstić information content (AvgIpc) is 3.04. The maximum atomic E-state index is 11.6. The first-order valence-corrected chi connectivity index (χ1v) is 9.67. The number of aromatic nitrogens is 2. The summed E-state index contributed by atoms with van der Waals surface area (Å²) in [7, 11) is 0. The highest BCUT2D eigenvalue weighted by molar-refractivity contribution is 5.71. The molecule has 0 aliphatic heterocycles. The van der Waals surface area contributed by atoms with Crippen molar-refractivity contribution in [1.82, 2.24) is 9.72 Å². The van der Waals surface area contributed by atoms with Gasteiger partial charge in [-0.15, -0.1) is 4.74 Å². The second-order valence-corrected chi connectivity index (χ2v) is 7.25. The average molecular weight is 402 g/mol. The third-order valence-electron chi connectivity index (χ3n) is 4.96. The van der Waals surface area contributed by atoms with Gasteiger partial charge in [0.15, 0.2) is 0 Å². The van der Waals surface area contributed by atoms with Gasteiger partial charge in [0.05, 0.1) is 6.54 Å². The van der Waals surface area contributed by atoms with Gasteiger partial charge >= 0.3 is 11.4 Å². The van der Waals surface area contributed by atoms with Crippen molar-refractivity contribution in [1.29, 1.82) is 0 Å². The predicted molar refractivity (Wildman–Crippen MR) is 115 cm³/mol. The van der Waals surface area contributed by atoms with Crippen molar-refractivity contribution in [3.63, 3.8) is 0 Å². The van der Waals surface area contributed by atoms with Gasteiger partial charge in [0, 0.05) is 0 Å². The molecule has 1 aromatic heterocycles. The highest BCUT2D eigenvalue weighted by Crippen LogP contribution is 2.28. The summed E-state index contributed by atoms with van der Waals surface area (Å²) in [5, 5.41) is 0. The van der Waals surface area contributed by atoms with E-state index in [-0.39, 0.29) is 6.54 Å². The Morgan fingerprint density at radius 2 is 1.60 bits per heavy atom. The zero-order valence-electron chi connectivity index (χ0n) is 16.8. The first kappa shape index (κ1) is 19.5.